The van der Waals surface area contributed by atoms with Crippen LogP contribution in [0.2, 0.25) is 5.02 Å². The van der Waals surface area contributed by atoms with E-state index in [1.807, 2.05) is 28.5 Å². The maximum Gasteiger partial charge on any atom is 0.231 e. The molecule has 188 valence electrons. The molecule has 0 unspecified atom stereocenters. The van der Waals surface area contributed by atoms with E-state index in [2.05, 4.69) is 57.4 Å². The maximum absolute atomic E-state index is 12.1. The molecule has 0 amide bonds. The molecule has 0 atom stereocenters. The summed E-state index contributed by atoms with van der Waals surface area (Å²) < 4.78 is 30.4. The first-order chi connectivity index (χ1) is 16.0. The third-order valence-corrected chi connectivity index (χ3v) is 6.98. The third kappa shape index (κ3) is 4.71. The number of hydrogen-bond acceptors (Lipinski definition) is 5. The molecular weight excluding hydrogens is 484 g/mol. The van der Waals surface area contributed by atoms with E-state index < -0.39 is 10.0 Å². The molecule has 0 aliphatic rings. The Morgan fingerprint density at radius 2 is 1.63 bits per heavy atom. The number of benzene rings is 2. The quantitative estimate of drug-likeness (QED) is 0.389. The third-order valence-electron chi connectivity index (χ3n) is 6.10. The van der Waals surface area contributed by atoms with Gasteiger partial charge in [-0.15, -0.1) is 0 Å². The summed E-state index contributed by atoms with van der Waals surface area (Å²) in [4.78, 5) is 0. The van der Waals surface area contributed by atoms with E-state index in [4.69, 9.17) is 22.4 Å². The second kappa shape index (κ2) is 8.13. The van der Waals surface area contributed by atoms with Crippen LogP contribution in [0.5, 0.6) is 0 Å². The Balaban J connectivity index is 2.01. The van der Waals surface area contributed by atoms with Gasteiger partial charge in [0.05, 0.1) is 34.2 Å². The molecule has 2 aromatic heterocycles. The SMILES string of the molecule is Cn1nc(N)c2cc(Cn3nc(NS(C)(=O)=O)c4c(Cl)ccc(C(C)(C)C)c43)cc(C(C)(C)C)c21. The normalized spacial score (nSPS) is 13.2. The number of aromatic nitrogens is 4. The molecule has 3 N–H and O–H groups in total. The number of nitrogens with zero attached hydrogens (tertiary/aromatic N) is 4. The highest BCUT2D eigenvalue weighted by molar-refractivity contribution is 7.92. The van der Waals surface area contributed by atoms with E-state index in [1.165, 1.54) is 0 Å². The highest BCUT2D eigenvalue weighted by Crippen LogP contribution is 2.39. The van der Waals surface area contributed by atoms with Crippen molar-refractivity contribution in [3.8, 4) is 0 Å². The molecule has 2 aromatic carbocycles. The van der Waals surface area contributed by atoms with Gasteiger partial charge >= 0.3 is 0 Å². The molecule has 0 spiro atoms. The Labute approximate surface area is 211 Å². The van der Waals surface area contributed by atoms with Gasteiger partial charge in [0.2, 0.25) is 10.0 Å². The van der Waals surface area contributed by atoms with Crippen LogP contribution in [0.3, 0.4) is 0 Å². The molecule has 0 radical (unpaired) electrons. The Kier molecular flexibility index (Phi) is 5.88. The van der Waals surface area contributed by atoms with Crippen LogP contribution in [0, 0.1) is 0 Å². The number of nitrogens with one attached hydrogen (secondary N) is 1. The molecule has 0 fully saturated rings. The van der Waals surface area contributed by atoms with Crippen LogP contribution in [0.15, 0.2) is 24.3 Å². The number of hydrogen-bond donors (Lipinski definition) is 2. The first kappa shape index (κ1) is 25.3. The van der Waals surface area contributed by atoms with Crippen molar-refractivity contribution in [1.29, 1.82) is 0 Å². The highest BCUT2D eigenvalue weighted by Gasteiger charge is 2.26. The largest absolute Gasteiger partial charge is 0.382 e. The van der Waals surface area contributed by atoms with Gasteiger partial charge in [-0.3, -0.25) is 14.1 Å². The van der Waals surface area contributed by atoms with Gasteiger partial charge in [-0.05, 0) is 39.7 Å². The Hall–Kier alpha value is -2.78. The van der Waals surface area contributed by atoms with Crippen molar-refractivity contribution < 1.29 is 8.42 Å². The van der Waals surface area contributed by atoms with E-state index in [0.29, 0.717) is 22.8 Å². The fourth-order valence-corrected chi connectivity index (χ4v) is 5.32. The molecule has 0 saturated carbocycles. The van der Waals surface area contributed by atoms with Crippen LogP contribution in [0.25, 0.3) is 21.8 Å². The first-order valence-corrected chi connectivity index (χ1v) is 13.7. The molecule has 0 saturated heterocycles. The summed E-state index contributed by atoms with van der Waals surface area (Å²) in [7, 11) is -1.66. The lowest BCUT2D eigenvalue weighted by molar-refractivity contribution is 0.584. The summed E-state index contributed by atoms with van der Waals surface area (Å²) in [5.41, 5.74) is 10.8. The number of anilines is 2. The van der Waals surface area contributed by atoms with Gasteiger partial charge in [0.15, 0.2) is 11.6 Å². The smallest absolute Gasteiger partial charge is 0.231 e. The number of aryl methyl sites for hydroxylation is 1. The molecule has 4 aromatic rings. The number of fused-ring (bicyclic) bond motifs is 2. The fourth-order valence-electron chi connectivity index (χ4n) is 4.59. The van der Waals surface area contributed by atoms with Crippen molar-refractivity contribution in [2.75, 3.05) is 16.7 Å². The van der Waals surface area contributed by atoms with E-state index >= 15 is 0 Å². The summed E-state index contributed by atoms with van der Waals surface area (Å²) >= 11 is 6.60. The number of nitrogens with two attached hydrogens (primary N) is 1. The molecule has 4 rings (SSSR count). The zero-order chi connectivity index (χ0) is 26.1. The van der Waals surface area contributed by atoms with Crippen molar-refractivity contribution in [2.24, 2.45) is 7.05 Å². The van der Waals surface area contributed by atoms with Gasteiger partial charge in [-0.2, -0.15) is 10.2 Å². The van der Waals surface area contributed by atoms with Crippen LogP contribution in [0.4, 0.5) is 11.6 Å². The average Bonchev–Trinajstić information content (AvgIpc) is 3.16. The molecular formula is C25H33ClN6O2S. The predicted molar refractivity (Wildman–Crippen MR) is 145 cm³/mol. The molecule has 35 heavy (non-hydrogen) atoms. The van der Waals surface area contributed by atoms with E-state index in [9.17, 15) is 8.42 Å². The molecule has 0 aliphatic heterocycles. The van der Waals surface area contributed by atoms with Crippen LogP contribution in [-0.2, 0) is 34.4 Å². The van der Waals surface area contributed by atoms with Gasteiger partial charge < -0.3 is 5.73 Å². The second-order valence-electron chi connectivity index (χ2n) is 11.2. The van der Waals surface area contributed by atoms with Crippen LogP contribution in [-0.4, -0.2) is 34.2 Å². The summed E-state index contributed by atoms with van der Waals surface area (Å²) in [6, 6.07) is 7.97. The standard InChI is InChI=1S/C25H33ClN6O2S/c1-24(2,3)16-9-10-18(26)19-21(16)32(29-23(19)30-35(8,33)34)13-14-11-15-20(31(7)28-22(15)27)17(12-14)25(4,5)6/h9-12H,13H2,1-8H3,(H2,27,28)(H,29,30). The second-order valence-corrected chi connectivity index (χ2v) is 13.4. The van der Waals surface area contributed by atoms with Crippen molar-refractivity contribution in [1.82, 2.24) is 19.6 Å². The summed E-state index contributed by atoms with van der Waals surface area (Å²) in [5.74, 6) is 0.689. The lowest BCUT2D eigenvalue weighted by Gasteiger charge is -2.23. The lowest BCUT2D eigenvalue weighted by Crippen LogP contribution is -2.16. The van der Waals surface area contributed by atoms with E-state index in [1.54, 1.807) is 6.07 Å². The van der Waals surface area contributed by atoms with Gasteiger partial charge in [-0.1, -0.05) is 65.3 Å². The Bertz CT molecular complexity index is 1570. The van der Waals surface area contributed by atoms with Crippen LogP contribution >= 0.6 is 11.6 Å². The van der Waals surface area contributed by atoms with Gasteiger partial charge in [0.1, 0.15) is 0 Å². The minimum Gasteiger partial charge on any atom is -0.382 e. The van der Waals surface area contributed by atoms with Gasteiger partial charge in [0, 0.05) is 12.4 Å². The van der Waals surface area contributed by atoms with Crippen LogP contribution < -0.4 is 10.5 Å². The minimum absolute atomic E-state index is 0.149. The fraction of sp³-hybridized carbons (Fsp3) is 0.440. The summed E-state index contributed by atoms with van der Waals surface area (Å²) in [6.07, 6.45) is 1.11. The Morgan fingerprint density at radius 3 is 2.20 bits per heavy atom. The van der Waals surface area contributed by atoms with Crippen molar-refractivity contribution in [3.63, 3.8) is 0 Å². The maximum atomic E-state index is 12.1. The van der Waals surface area contributed by atoms with E-state index in [-0.39, 0.29) is 16.6 Å². The molecule has 8 nitrogen and oxygen atoms in total. The Morgan fingerprint density at radius 1 is 1.00 bits per heavy atom. The number of halogens is 1. The first-order valence-electron chi connectivity index (χ1n) is 11.4. The minimum atomic E-state index is -3.56. The zero-order valence-electron chi connectivity index (χ0n) is 21.5. The summed E-state index contributed by atoms with van der Waals surface area (Å²) in [6.45, 7) is 13.2. The molecule has 10 heteroatoms. The van der Waals surface area contributed by atoms with E-state index in [0.717, 1.165) is 39.4 Å². The molecule has 0 aliphatic carbocycles. The monoisotopic (exact) mass is 516 g/mol. The number of nitrogen functional groups attached to an aromatic ring is 1. The molecule has 2 heterocycles. The van der Waals surface area contributed by atoms with Crippen molar-refractivity contribution in [3.05, 3.63) is 46.0 Å². The number of rotatable bonds is 4. The summed E-state index contributed by atoms with van der Waals surface area (Å²) in [5, 5.41) is 11.0. The van der Waals surface area contributed by atoms with Crippen molar-refractivity contribution in [2.45, 2.75) is 58.9 Å². The van der Waals surface area contributed by atoms with Gasteiger partial charge in [-0.25, -0.2) is 8.42 Å². The van der Waals surface area contributed by atoms with Crippen molar-refractivity contribution >= 4 is 55.1 Å². The van der Waals surface area contributed by atoms with Gasteiger partial charge in [0.25, 0.3) is 0 Å². The van der Waals surface area contributed by atoms with Crippen LogP contribution in [0.1, 0.15) is 58.2 Å². The number of sulfonamides is 1. The lowest BCUT2D eigenvalue weighted by atomic mass is 9.84. The molecule has 0 bridgehead atoms. The topological polar surface area (TPSA) is 108 Å². The predicted octanol–water partition coefficient (Wildman–Crippen LogP) is 5.17. The average molecular weight is 517 g/mol. The highest BCUT2D eigenvalue weighted by atomic mass is 35.5. The zero-order valence-corrected chi connectivity index (χ0v) is 23.1.